The van der Waals surface area contributed by atoms with Crippen molar-refractivity contribution >= 4 is 5.82 Å². The first-order valence-electron chi connectivity index (χ1n) is 8.23. The van der Waals surface area contributed by atoms with Crippen LogP contribution in [-0.4, -0.2) is 4.98 Å². The summed E-state index contributed by atoms with van der Waals surface area (Å²) in [5, 5.41) is 12.7. The van der Waals surface area contributed by atoms with Gasteiger partial charge in [0.25, 0.3) is 0 Å². The number of nitriles is 1. The van der Waals surface area contributed by atoms with Gasteiger partial charge in [0.05, 0.1) is 5.56 Å². The Morgan fingerprint density at radius 2 is 1.96 bits per heavy atom. The van der Waals surface area contributed by atoms with Crippen molar-refractivity contribution in [2.45, 2.75) is 20.8 Å². The van der Waals surface area contributed by atoms with Gasteiger partial charge < -0.3 is 5.32 Å². The molecule has 0 amide bonds. The number of hydrogen-bond donors (Lipinski definition) is 1. The van der Waals surface area contributed by atoms with Crippen LogP contribution in [0, 0.1) is 24.2 Å². The van der Waals surface area contributed by atoms with E-state index < -0.39 is 0 Å². The van der Waals surface area contributed by atoms with Crippen LogP contribution >= 0.6 is 0 Å². The quantitative estimate of drug-likeness (QED) is 0.699. The molecule has 25 heavy (non-hydrogen) atoms. The molecule has 0 saturated heterocycles. The number of rotatable bonds is 6. The van der Waals surface area contributed by atoms with E-state index in [4.69, 9.17) is 0 Å². The van der Waals surface area contributed by atoms with Gasteiger partial charge in [0.1, 0.15) is 11.9 Å². The molecule has 1 heterocycles. The Kier molecular flexibility index (Phi) is 5.92. The van der Waals surface area contributed by atoms with Gasteiger partial charge in [-0.3, -0.25) is 0 Å². The minimum absolute atomic E-state index is 0.349. The van der Waals surface area contributed by atoms with E-state index in [9.17, 15) is 5.26 Å². The highest BCUT2D eigenvalue weighted by molar-refractivity contribution is 5.71. The fraction of sp³-hybridized carbons (Fsp3) is 0.182. The highest BCUT2D eigenvalue weighted by Gasteiger charge is 2.11. The fourth-order valence-electron chi connectivity index (χ4n) is 2.55. The summed E-state index contributed by atoms with van der Waals surface area (Å²) in [6, 6.07) is 14.0. The Morgan fingerprint density at radius 3 is 2.52 bits per heavy atom. The molecular weight excluding hydrogens is 306 g/mol. The molecule has 0 spiro atoms. The van der Waals surface area contributed by atoms with E-state index in [2.05, 4.69) is 43.4 Å². The largest absolute Gasteiger partial charge is 0.340 e. The van der Waals surface area contributed by atoms with Crippen LogP contribution in [0.15, 0.2) is 73.0 Å². The smallest absolute Gasteiger partial charge is 0.148 e. The average molecular weight is 329 g/mol. The van der Waals surface area contributed by atoms with Crippen LogP contribution in [0.4, 0.5) is 5.82 Å². The van der Waals surface area contributed by atoms with Crippen molar-refractivity contribution in [2.24, 2.45) is 5.92 Å². The SMILES string of the molecule is C=C/C(=C\C(=C)Nc1nc(C)c(-c2ccccc2)cc1C#N)C(C)C. The molecule has 126 valence electrons. The maximum absolute atomic E-state index is 9.52. The lowest BCUT2D eigenvalue weighted by Crippen LogP contribution is -2.04. The van der Waals surface area contributed by atoms with Crippen molar-refractivity contribution in [1.29, 1.82) is 5.26 Å². The van der Waals surface area contributed by atoms with E-state index in [-0.39, 0.29) is 0 Å². The molecule has 1 N–H and O–H groups in total. The molecule has 1 aromatic carbocycles. The van der Waals surface area contributed by atoms with E-state index in [1.54, 1.807) is 0 Å². The molecule has 2 rings (SSSR count). The lowest BCUT2D eigenvalue weighted by Gasteiger charge is -2.13. The Hall–Kier alpha value is -3.12. The molecular formula is C22H23N3. The highest BCUT2D eigenvalue weighted by atomic mass is 15.0. The second kappa shape index (κ2) is 8.12. The minimum Gasteiger partial charge on any atom is -0.340 e. The van der Waals surface area contributed by atoms with E-state index in [0.29, 0.717) is 23.0 Å². The van der Waals surface area contributed by atoms with E-state index in [1.165, 1.54) is 0 Å². The molecule has 0 aliphatic rings. The predicted molar refractivity (Wildman–Crippen MR) is 105 cm³/mol. The summed E-state index contributed by atoms with van der Waals surface area (Å²) in [6.07, 6.45) is 3.75. The average Bonchev–Trinajstić information content (AvgIpc) is 2.60. The molecule has 0 aliphatic carbocycles. The number of allylic oxidation sites excluding steroid dienone is 3. The molecule has 0 aliphatic heterocycles. The van der Waals surface area contributed by atoms with Crippen LogP contribution in [0.25, 0.3) is 11.1 Å². The van der Waals surface area contributed by atoms with Crippen LogP contribution in [0.5, 0.6) is 0 Å². The van der Waals surface area contributed by atoms with Gasteiger partial charge in [0, 0.05) is 17.0 Å². The zero-order valence-electron chi connectivity index (χ0n) is 15.0. The predicted octanol–water partition coefficient (Wildman–Crippen LogP) is 5.62. The van der Waals surface area contributed by atoms with Crippen molar-refractivity contribution in [1.82, 2.24) is 4.98 Å². The summed E-state index contributed by atoms with van der Waals surface area (Å²) in [4.78, 5) is 4.59. The van der Waals surface area contributed by atoms with E-state index in [0.717, 1.165) is 22.4 Å². The van der Waals surface area contributed by atoms with Crippen LogP contribution < -0.4 is 5.32 Å². The zero-order chi connectivity index (χ0) is 18.4. The molecule has 0 atom stereocenters. The molecule has 0 unspecified atom stereocenters. The Bertz CT molecular complexity index is 853. The number of hydrogen-bond acceptors (Lipinski definition) is 3. The van der Waals surface area contributed by atoms with Crippen molar-refractivity contribution in [3.8, 4) is 17.2 Å². The van der Waals surface area contributed by atoms with Crippen LogP contribution in [0.1, 0.15) is 25.1 Å². The summed E-state index contributed by atoms with van der Waals surface area (Å²) < 4.78 is 0. The van der Waals surface area contributed by atoms with E-state index in [1.807, 2.05) is 55.5 Å². The second-order valence-electron chi connectivity index (χ2n) is 6.15. The van der Waals surface area contributed by atoms with E-state index >= 15 is 0 Å². The molecule has 2 aromatic rings. The zero-order valence-corrected chi connectivity index (χ0v) is 15.0. The van der Waals surface area contributed by atoms with Gasteiger partial charge in [-0.25, -0.2) is 4.98 Å². The summed E-state index contributed by atoms with van der Waals surface area (Å²) in [6.45, 7) is 14.0. The van der Waals surface area contributed by atoms with Gasteiger partial charge in [-0.05, 0) is 36.1 Å². The van der Waals surface area contributed by atoms with Crippen molar-refractivity contribution in [2.75, 3.05) is 5.32 Å². The van der Waals surface area contributed by atoms with Crippen LogP contribution in [0.2, 0.25) is 0 Å². The maximum atomic E-state index is 9.52. The van der Waals surface area contributed by atoms with Gasteiger partial charge in [-0.2, -0.15) is 5.26 Å². The number of nitrogens with zero attached hydrogens (tertiary/aromatic N) is 2. The van der Waals surface area contributed by atoms with Gasteiger partial charge in [0.15, 0.2) is 0 Å². The summed E-state index contributed by atoms with van der Waals surface area (Å²) in [5.41, 5.74) is 5.11. The topological polar surface area (TPSA) is 48.7 Å². The third kappa shape index (κ3) is 4.45. The van der Waals surface area contributed by atoms with Crippen LogP contribution in [-0.2, 0) is 0 Å². The molecule has 3 heteroatoms. The fourth-order valence-corrected chi connectivity index (χ4v) is 2.55. The third-order valence-electron chi connectivity index (χ3n) is 3.94. The van der Waals surface area contributed by atoms with Gasteiger partial charge >= 0.3 is 0 Å². The van der Waals surface area contributed by atoms with Gasteiger partial charge in [0.2, 0.25) is 0 Å². The van der Waals surface area contributed by atoms with Crippen LogP contribution in [0.3, 0.4) is 0 Å². The Balaban J connectivity index is 2.37. The molecule has 0 radical (unpaired) electrons. The standard InChI is InChI=1S/C22H23N3/c1-6-18(15(2)3)12-16(4)24-22-20(14-23)13-21(17(5)25-22)19-10-8-7-9-11-19/h6-13,15H,1,4H2,2-3,5H3,(H,24,25)/b18-12+. The Morgan fingerprint density at radius 1 is 1.28 bits per heavy atom. The number of nitrogens with one attached hydrogen (secondary N) is 1. The number of anilines is 1. The summed E-state index contributed by atoms with van der Waals surface area (Å²) >= 11 is 0. The minimum atomic E-state index is 0.349. The Labute approximate surface area is 150 Å². The molecule has 0 bridgehead atoms. The molecule has 0 saturated carbocycles. The van der Waals surface area contributed by atoms with Crippen molar-refractivity contribution < 1.29 is 0 Å². The molecule has 0 fully saturated rings. The normalized spacial score (nSPS) is 11.1. The molecule has 3 nitrogen and oxygen atoms in total. The third-order valence-corrected chi connectivity index (χ3v) is 3.94. The monoisotopic (exact) mass is 329 g/mol. The number of aromatic nitrogens is 1. The highest BCUT2D eigenvalue weighted by Crippen LogP contribution is 2.27. The molecule has 1 aromatic heterocycles. The van der Waals surface area contributed by atoms with Crippen molar-refractivity contribution in [3.05, 3.63) is 84.2 Å². The first-order valence-corrected chi connectivity index (χ1v) is 8.23. The first-order chi connectivity index (χ1) is 12.0. The number of benzene rings is 1. The van der Waals surface area contributed by atoms with Crippen molar-refractivity contribution in [3.63, 3.8) is 0 Å². The number of pyridine rings is 1. The summed E-state index contributed by atoms with van der Waals surface area (Å²) in [5.74, 6) is 0.870. The maximum Gasteiger partial charge on any atom is 0.148 e. The number of aryl methyl sites for hydroxylation is 1. The lowest BCUT2D eigenvalue weighted by molar-refractivity contribution is 0.791. The van der Waals surface area contributed by atoms with Gasteiger partial charge in [-0.15, -0.1) is 0 Å². The second-order valence-corrected chi connectivity index (χ2v) is 6.15. The summed E-state index contributed by atoms with van der Waals surface area (Å²) in [7, 11) is 0. The lowest BCUT2D eigenvalue weighted by atomic mass is 10.0. The van der Waals surface area contributed by atoms with Gasteiger partial charge in [-0.1, -0.05) is 63.4 Å². The first kappa shape index (κ1) is 18.2.